The number of rotatable bonds is 2. The highest BCUT2D eigenvalue weighted by molar-refractivity contribution is 9.10. The normalized spacial score (nSPS) is 22.6. The van der Waals surface area contributed by atoms with Gasteiger partial charge in [0.2, 0.25) is 0 Å². The molecule has 110 valence electrons. The van der Waals surface area contributed by atoms with E-state index in [1.807, 2.05) is 4.90 Å². The Morgan fingerprint density at radius 3 is 2.75 bits per heavy atom. The minimum atomic E-state index is -0.572. The van der Waals surface area contributed by atoms with Gasteiger partial charge in [-0.2, -0.15) is 0 Å². The standard InChI is InChI=1S/C14H16BrF2NO2/c15-11-2-3-12(16)10(13(11)17)8-18-5-1-4-14(9-18)19-6-7-20-14/h2-3H,1,4-9H2. The molecule has 2 aliphatic rings. The molecule has 6 heteroatoms. The van der Waals surface area contributed by atoms with Gasteiger partial charge in [-0.25, -0.2) is 8.78 Å². The monoisotopic (exact) mass is 347 g/mol. The minimum Gasteiger partial charge on any atom is -0.346 e. The molecule has 3 rings (SSSR count). The lowest BCUT2D eigenvalue weighted by Crippen LogP contribution is -2.48. The molecule has 20 heavy (non-hydrogen) atoms. The van der Waals surface area contributed by atoms with Crippen molar-refractivity contribution in [2.45, 2.75) is 25.2 Å². The van der Waals surface area contributed by atoms with Gasteiger partial charge in [0.25, 0.3) is 0 Å². The number of halogens is 3. The minimum absolute atomic E-state index is 0.0921. The van der Waals surface area contributed by atoms with Crippen LogP contribution in [0.15, 0.2) is 16.6 Å². The van der Waals surface area contributed by atoms with Gasteiger partial charge >= 0.3 is 0 Å². The summed E-state index contributed by atoms with van der Waals surface area (Å²) in [5, 5.41) is 0. The van der Waals surface area contributed by atoms with E-state index in [1.165, 1.54) is 12.1 Å². The van der Waals surface area contributed by atoms with Gasteiger partial charge in [0, 0.05) is 18.5 Å². The first-order valence-electron chi connectivity index (χ1n) is 6.72. The molecule has 0 amide bonds. The van der Waals surface area contributed by atoms with Crippen molar-refractivity contribution >= 4 is 15.9 Å². The van der Waals surface area contributed by atoms with Crippen LogP contribution in [0.5, 0.6) is 0 Å². The molecule has 1 aromatic rings. The van der Waals surface area contributed by atoms with Gasteiger partial charge in [0.05, 0.1) is 24.2 Å². The second kappa shape index (κ2) is 5.67. The fourth-order valence-electron chi connectivity index (χ4n) is 2.88. The number of hydrogen-bond acceptors (Lipinski definition) is 3. The van der Waals surface area contributed by atoms with E-state index in [1.54, 1.807) is 0 Å². The summed E-state index contributed by atoms with van der Waals surface area (Å²) in [5.74, 6) is -1.62. The van der Waals surface area contributed by atoms with Gasteiger partial charge in [-0.15, -0.1) is 0 Å². The Kier molecular flexibility index (Phi) is 4.08. The Bertz CT molecular complexity index is 506. The first kappa shape index (κ1) is 14.4. The maximum atomic E-state index is 14.0. The maximum absolute atomic E-state index is 14.0. The van der Waals surface area contributed by atoms with E-state index < -0.39 is 17.4 Å². The lowest BCUT2D eigenvalue weighted by atomic mass is 10.0. The molecule has 0 unspecified atom stereocenters. The van der Waals surface area contributed by atoms with Crippen LogP contribution < -0.4 is 0 Å². The van der Waals surface area contributed by atoms with E-state index in [4.69, 9.17) is 9.47 Å². The molecule has 0 aliphatic carbocycles. The fourth-order valence-corrected chi connectivity index (χ4v) is 3.25. The van der Waals surface area contributed by atoms with Crippen LogP contribution in [0.3, 0.4) is 0 Å². The average molecular weight is 348 g/mol. The van der Waals surface area contributed by atoms with Crippen LogP contribution >= 0.6 is 15.9 Å². The van der Waals surface area contributed by atoms with Gasteiger partial charge < -0.3 is 9.47 Å². The number of hydrogen-bond donors (Lipinski definition) is 0. The molecule has 1 aromatic carbocycles. The van der Waals surface area contributed by atoms with Crippen LogP contribution in [-0.4, -0.2) is 37.0 Å². The lowest BCUT2D eigenvalue weighted by Gasteiger charge is -2.38. The summed E-state index contributed by atoms with van der Waals surface area (Å²) in [7, 11) is 0. The largest absolute Gasteiger partial charge is 0.346 e. The van der Waals surface area contributed by atoms with Gasteiger partial charge in [-0.3, -0.25) is 4.90 Å². The van der Waals surface area contributed by atoms with Crippen LogP contribution in [0.25, 0.3) is 0 Å². The summed E-state index contributed by atoms with van der Waals surface area (Å²) in [6.45, 7) is 2.75. The lowest BCUT2D eigenvalue weighted by molar-refractivity contribution is -0.190. The van der Waals surface area contributed by atoms with Gasteiger partial charge in [-0.1, -0.05) is 0 Å². The third-order valence-corrected chi connectivity index (χ3v) is 4.44. The molecule has 0 bridgehead atoms. The second-order valence-electron chi connectivity index (χ2n) is 5.24. The Labute approximate surface area is 125 Å². The highest BCUT2D eigenvalue weighted by Gasteiger charge is 2.40. The zero-order chi connectivity index (χ0) is 14.2. The highest BCUT2D eigenvalue weighted by Crippen LogP contribution is 2.31. The molecule has 2 saturated heterocycles. The van der Waals surface area contributed by atoms with Gasteiger partial charge in [0.1, 0.15) is 11.6 Å². The first-order valence-corrected chi connectivity index (χ1v) is 7.52. The molecule has 0 radical (unpaired) electrons. The third-order valence-electron chi connectivity index (χ3n) is 3.83. The summed E-state index contributed by atoms with van der Waals surface area (Å²) in [4.78, 5) is 1.99. The van der Waals surface area contributed by atoms with E-state index >= 15 is 0 Å². The van der Waals surface area contributed by atoms with Crippen molar-refractivity contribution in [3.8, 4) is 0 Å². The van der Waals surface area contributed by atoms with E-state index in [-0.39, 0.29) is 16.6 Å². The molecule has 0 saturated carbocycles. The van der Waals surface area contributed by atoms with E-state index in [0.717, 1.165) is 19.4 Å². The molecule has 2 aliphatic heterocycles. The molecular formula is C14H16BrF2NO2. The van der Waals surface area contributed by atoms with Crippen LogP contribution in [0, 0.1) is 11.6 Å². The number of piperidine rings is 1. The average Bonchev–Trinajstić information content (AvgIpc) is 2.87. The SMILES string of the molecule is Fc1ccc(Br)c(F)c1CN1CCCC2(C1)OCCO2. The zero-order valence-corrected chi connectivity index (χ0v) is 12.6. The Balaban J connectivity index is 1.76. The van der Waals surface area contributed by atoms with E-state index in [9.17, 15) is 8.78 Å². The van der Waals surface area contributed by atoms with Crippen molar-refractivity contribution in [2.24, 2.45) is 0 Å². The Morgan fingerprint density at radius 2 is 2.00 bits per heavy atom. The first-order chi connectivity index (χ1) is 9.60. The molecule has 0 aromatic heterocycles. The Hall–Kier alpha value is -0.560. The molecule has 3 nitrogen and oxygen atoms in total. The topological polar surface area (TPSA) is 21.7 Å². The van der Waals surface area contributed by atoms with Gasteiger partial charge in [0.15, 0.2) is 5.79 Å². The quantitative estimate of drug-likeness (QED) is 0.767. The zero-order valence-electron chi connectivity index (χ0n) is 11.0. The van der Waals surface area contributed by atoms with Crippen molar-refractivity contribution in [3.63, 3.8) is 0 Å². The number of benzene rings is 1. The second-order valence-corrected chi connectivity index (χ2v) is 6.10. The summed E-state index contributed by atoms with van der Waals surface area (Å²) in [6.07, 6.45) is 1.74. The van der Waals surface area contributed by atoms with Crippen molar-refractivity contribution < 1.29 is 18.3 Å². The molecular weight excluding hydrogens is 332 g/mol. The van der Waals surface area contributed by atoms with Crippen molar-refractivity contribution in [2.75, 3.05) is 26.3 Å². The summed E-state index contributed by atoms with van der Waals surface area (Å²) < 4.78 is 39.4. The van der Waals surface area contributed by atoms with Crippen LogP contribution in [0.1, 0.15) is 18.4 Å². The summed E-state index contributed by atoms with van der Waals surface area (Å²) in [6, 6.07) is 2.67. The summed E-state index contributed by atoms with van der Waals surface area (Å²) in [5.41, 5.74) is 0.0921. The van der Waals surface area contributed by atoms with Gasteiger partial charge in [-0.05, 0) is 41.0 Å². The van der Waals surface area contributed by atoms with Crippen molar-refractivity contribution in [1.29, 1.82) is 0 Å². The van der Waals surface area contributed by atoms with E-state index in [2.05, 4.69) is 15.9 Å². The Morgan fingerprint density at radius 1 is 1.25 bits per heavy atom. The van der Waals surface area contributed by atoms with E-state index in [0.29, 0.717) is 19.8 Å². The number of nitrogens with zero attached hydrogens (tertiary/aromatic N) is 1. The third kappa shape index (κ3) is 2.74. The predicted octanol–water partition coefficient (Wildman–Crippen LogP) is 3.07. The van der Waals surface area contributed by atoms with Crippen molar-refractivity contribution in [1.82, 2.24) is 4.90 Å². The molecule has 0 N–H and O–H groups in total. The van der Waals surface area contributed by atoms with Crippen LogP contribution in [0.4, 0.5) is 8.78 Å². The molecule has 2 heterocycles. The molecule has 0 atom stereocenters. The highest BCUT2D eigenvalue weighted by atomic mass is 79.9. The van der Waals surface area contributed by atoms with Crippen LogP contribution in [-0.2, 0) is 16.0 Å². The fraction of sp³-hybridized carbons (Fsp3) is 0.571. The number of likely N-dealkylation sites (tertiary alicyclic amines) is 1. The van der Waals surface area contributed by atoms with Crippen LogP contribution in [0.2, 0.25) is 0 Å². The maximum Gasteiger partial charge on any atom is 0.181 e. The smallest absolute Gasteiger partial charge is 0.181 e. The number of ether oxygens (including phenoxy) is 2. The predicted molar refractivity (Wildman–Crippen MR) is 73.2 cm³/mol. The van der Waals surface area contributed by atoms with Crippen molar-refractivity contribution in [3.05, 3.63) is 33.8 Å². The molecule has 1 spiro atoms. The molecule has 2 fully saturated rings. The summed E-state index contributed by atoms with van der Waals surface area (Å²) >= 11 is 3.10.